The normalized spacial score (nSPS) is 16.1. The number of alkyl halides is 3. The van der Waals surface area contributed by atoms with Crippen molar-refractivity contribution in [3.05, 3.63) is 23.9 Å². The van der Waals surface area contributed by atoms with Gasteiger partial charge in [0.1, 0.15) is 0 Å². The predicted octanol–water partition coefficient (Wildman–Crippen LogP) is 2.17. The van der Waals surface area contributed by atoms with Gasteiger partial charge in [-0.2, -0.15) is 13.2 Å². The summed E-state index contributed by atoms with van der Waals surface area (Å²) < 4.78 is 37.1. The van der Waals surface area contributed by atoms with Crippen LogP contribution in [0.5, 0.6) is 0 Å². The third-order valence-corrected chi connectivity index (χ3v) is 4.29. The monoisotopic (exact) mass is 334 g/mol. The second kappa shape index (κ2) is 6.15. The predicted molar refractivity (Wildman–Crippen MR) is 72.3 cm³/mol. The van der Waals surface area contributed by atoms with Gasteiger partial charge in [-0.3, -0.25) is 9.59 Å². The molecule has 1 fully saturated rings. The highest BCUT2D eigenvalue weighted by Crippen LogP contribution is 2.45. The van der Waals surface area contributed by atoms with Crippen molar-refractivity contribution in [1.82, 2.24) is 10.3 Å². The van der Waals surface area contributed by atoms with Crippen LogP contribution in [0.15, 0.2) is 23.4 Å². The fourth-order valence-corrected chi connectivity index (χ4v) is 2.38. The molecule has 0 saturated heterocycles. The zero-order valence-electron chi connectivity index (χ0n) is 11.3. The Morgan fingerprint density at radius 1 is 1.36 bits per heavy atom. The Morgan fingerprint density at radius 2 is 2.05 bits per heavy atom. The zero-order valence-corrected chi connectivity index (χ0v) is 12.1. The van der Waals surface area contributed by atoms with E-state index in [1.165, 1.54) is 6.07 Å². The van der Waals surface area contributed by atoms with Crippen LogP contribution in [0.4, 0.5) is 13.2 Å². The number of thioether (sulfide) groups is 1. The van der Waals surface area contributed by atoms with E-state index in [0.29, 0.717) is 24.1 Å². The van der Waals surface area contributed by atoms with Crippen molar-refractivity contribution >= 4 is 23.6 Å². The van der Waals surface area contributed by atoms with E-state index in [2.05, 4.69) is 10.3 Å². The van der Waals surface area contributed by atoms with Crippen molar-refractivity contribution in [3.63, 3.8) is 0 Å². The fraction of sp³-hybridized carbons (Fsp3) is 0.462. The number of nitrogens with zero attached hydrogens (tertiary/aromatic N) is 1. The van der Waals surface area contributed by atoms with E-state index in [9.17, 15) is 22.8 Å². The quantitative estimate of drug-likeness (QED) is 0.780. The molecule has 2 N–H and O–H groups in total. The van der Waals surface area contributed by atoms with Gasteiger partial charge in [0.2, 0.25) is 5.91 Å². The number of carbonyl (C=O) groups excluding carboxylic acids is 1. The van der Waals surface area contributed by atoms with E-state index in [0.717, 1.165) is 17.8 Å². The molecule has 5 nitrogen and oxygen atoms in total. The van der Waals surface area contributed by atoms with Crippen molar-refractivity contribution in [2.75, 3.05) is 12.3 Å². The van der Waals surface area contributed by atoms with Gasteiger partial charge in [-0.1, -0.05) is 11.8 Å². The van der Waals surface area contributed by atoms with Gasteiger partial charge in [-0.15, -0.1) is 0 Å². The lowest BCUT2D eigenvalue weighted by Gasteiger charge is -2.11. The summed E-state index contributed by atoms with van der Waals surface area (Å²) in [6.07, 6.45) is -2.65. The summed E-state index contributed by atoms with van der Waals surface area (Å²) >= 11 is 0.989. The van der Waals surface area contributed by atoms with Crippen molar-refractivity contribution in [3.8, 4) is 0 Å². The van der Waals surface area contributed by atoms with Crippen molar-refractivity contribution in [2.24, 2.45) is 5.41 Å². The maximum absolute atomic E-state index is 12.4. The number of pyridine rings is 1. The molecule has 0 aromatic carbocycles. The molecule has 9 heteroatoms. The molecule has 0 spiro atoms. The number of aromatic nitrogens is 1. The molecule has 1 saturated carbocycles. The second-order valence-electron chi connectivity index (χ2n) is 5.03. The largest absolute Gasteiger partial charge is 0.481 e. The molecule has 0 radical (unpaired) electrons. The first-order valence-corrected chi connectivity index (χ1v) is 7.38. The number of halogens is 3. The van der Waals surface area contributed by atoms with Crippen LogP contribution in [0.25, 0.3) is 0 Å². The van der Waals surface area contributed by atoms with Crippen molar-refractivity contribution in [2.45, 2.75) is 24.0 Å². The Labute approximate surface area is 128 Å². The first-order chi connectivity index (χ1) is 10.2. The van der Waals surface area contributed by atoms with Crippen molar-refractivity contribution < 1.29 is 27.9 Å². The number of nitrogens with one attached hydrogen (secondary N) is 1. The highest BCUT2D eigenvalue weighted by molar-refractivity contribution is 7.99. The first kappa shape index (κ1) is 16.6. The van der Waals surface area contributed by atoms with Crippen LogP contribution in [0.3, 0.4) is 0 Å². The Balaban J connectivity index is 1.78. The van der Waals surface area contributed by atoms with Crippen molar-refractivity contribution in [1.29, 1.82) is 0 Å². The molecule has 1 aromatic heterocycles. The highest BCUT2D eigenvalue weighted by atomic mass is 32.2. The summed E-state index contributed by atoms with van der Waals surface area (Å²) in [5, 5.41) is 11.8. The highest BCUT2D eigenvalue weighted by Gasteiger charge is 2.50. The van der Waals surface area contributed by atoms with Crippen LogP contribution in [0, 0.1) is 5.41 Å². The lowest BCUT2D eigenvalue weighted by Crippen LogP contribution is -2.35. The van der Waals surface area contributed by atoms with E-state index in [1.54, 1.807) is 0 Å². The molecule has 120 valence electrons. The van der Waals surface area contributed by atoms with Gasteiger partial charge in [-0.05, 0) is 25.0 Å². The Bertz CT molecular complexity index is 571. The van der Waals surface area contributed by atoms with Crippen LogP contribution < -0.4 is 5.32 Å². The van der Waals surface area contributed by atoms with Gasteiger partial charge < -0.3 is 10.4 Å². The molecular weight excluding hydrogens is 321 g/mol. The van der Waals surface area contributed by atoms with Gasteiger partial charge >= 0.3 is 12.1 Å². The molecule has 1 aromatic rings. The number of carboxylic acid groups (broad SMARTS) is 1. The van der Waals surface area contributed by atoms with Crippen LogP contribution in [-0.2, 0) is 15.8 Å². The molecule has 0 bridgehead atoms. The molecule has 1 heterocycles. The molecule has 1 aliphatic rings. The van der Waals surface area contributed by atoms with Gasteiger partial charge in [0, 0.05) is 12.7 Å². The average molecular weight is 334 g/mol. The summed E-state index contributed by atoms with van der Waals surface area (Å²) in [6, 6.07) is 2.09. The smallest absolute Gasteiger partial charge is 0.417 e. The third kappa shape index (κ3) is 4.12. The average Bonchev–Trinajstić information content (AvgIpc) is 3.24. The lowest BCUT2D eigenvalue weighted by atomic mass is 10.1. The summed E-state index contributed by atoms with van der Waals surface area (Å²) in [4.78, 5) is 26.2. The van der Waals surface area contributed by atoms with Gasteiger partial charge in [0.25, 0.3) is 0 Å². The lowest BCUT2D eigenvalue weighted by molar-refractivity contribution is -0.143. The molecule has 22 heavy (non-hydrogen) atoms. The minimum absolute atomic E-state index is 0.0337. The topological polar surface area (TPSA) is 79.3 Å². The Hall–Kier alpha value is -1.77. The van der Waals surface area contributed by atoms with Crippen LogP contribution >= 0.6 is 11.8 Å². The third-order valence-electron chi connectivity index (χ3n) is 3.35. The molecule has 0 atom stereocenters. The molecule has 2 rings (SSSR count). The Morgan fingerprint density at radius 3 is 2.50 bits per heavy atom. The second-order valence-corrected chi connectivity index (χ2v) is 6.03. The molecule has 0 aliphatic heterocycles. The standard InChI is InChI=1S/C13H13F3N2O3S/c14-13(15,16)8-1-2-10(17-5-8)22-6-9(19)18-7-12(3-4-12)11(20)21/h1-2,5H,3-4,6-7H2,(H,18,19)(H,20,21). The van der Waals surface area contributed by atoms with E-state index < -0.39 is 23.1 Å². The van der Waals surface area contributed by atoms with E-state index in [1.807, 2.05) is 0 Å². The zero-order chi connectivity index (χ0) is 16.4. The first-order valence-electron chi connectivity index (χ1n) is 6.39. The molecule has 1 amide bonds. The maximum Gasteiger partial charge on any atom is 0.417 e. The number of hydrogen-bond acceptors (Lipinski definition) is 4. The van der Waals surface area contributed by atoms with Gasteiger partial charge in [0.05, 0.1) is 21.8 Å². The SMILES string of the molecule is O=C(CSc1ccc(C(F)(F)F)cn1)NCC1(C(=O)O)CC1. The van der Waals surface area contributed by atoms with Crippen LogP contribution in [0.1, 0.15) is 18.4 Å². The summed E-state index contributed by atoms with van der Waals surface area (Å²) in [7, 11) is 0. The minimum atomic E-state index is -4.44. The summed E-state index contributed by atoms with van der Waals surface area (Å²) in [5.74, 6) is -1.34. The molecular formula is C13H13F3N2O3S. The number of carbonyl (C=O) groups is 2. The van der Waals surface area contributed by atoms with Gasteiger partial charge in [0.15, 0.2) is 0 Å². The minimum Gasteiger partial charge on any atom is -0.481 e. The summed E-state index contributed by atoms with van der Waals surface area (Å²) in [6.45, 7) is 0.0716. The fourth-order valence-electron chi connectivity index (χ4n) is 1.71. The van der Waals surface area contributed by atoms with E-state index >= 15 is 0 Å². The van der Waals surface area contributed by atoms with Gasteiger partial charge in [-0.25, -0.2) is 4.98 Å². The molecule has 0 unspecified atom stereocenters. The van der Waals surface area contributed by atoms with Crippen LogP contribution in [0.2, 0.25) is 0 Å². The summed E-state index contributed by atoms with van der Waals surface area (Å²) in [5.41, 5.74) is -1.69. The number of hydrogen-bond donors (Lipinski definition) is 2. The maximum atomic E-state index is 12.4. The Kier molecular flexibility index (Phi) is 4.64. The van der Waals surface area contributed by atoms with E-state index in [4.69, 9.17) is 5.11 Å². The number of carboxylic acids is 1. The van der Waals surface area contributed by atoms with E-state index in [-0.39, 0.29) is 18.2 Å². The number of rotatable bonds is 6. The number of aliphatic carboxylic acids is 1. The van der Waals surface area contributed by atoms with Crippen LogP contribution in [-0.4, -0.2) is 34.3 Å². The molecule has 1 aliphatic carbocycles. The number of amides is 1.